The normalized spacial score (nSPS) is 8.50. The van der Waals surface area contributed by atoms with Crippen molar-refractivity contribution >= 4 is 0 Å². The average Bonchev–Trinajstić information content (AvgIpc) is 1.81. The highest BCUT2D eigenvalue weighted by atomic mass is 16.5. The van der Waals surface area contributed by atoms with Crippen molar-refractivity contribution in [1.29, 1.82) is 0 Å². The Kier molecular flexibility index (Phi) is 6.13. The molecule has 45 valence electrons. The molecule has 0 heterocycles. The molecule has 0 spiro atoms. The number of hydrogen-bond donors (Lipinski definition) is 0. The molecular weight excluding hydrogens is 100 g/mol. The maximum atomic E-state index is 4.99. The molecule has 0 atom stereocenters. The zero-order valence-electron chi connectivity index (χ0n) is 5.02. The summed E-state index contributed by atoms with van der Waals surface area (Å²) in [5.74, 6) is 2.53. The highest BCUT2D eigenvalue weighted by Crippen LogP contribution is 1.85. The number of rotatable bonds is 4. The van der Waals surface area contributed by atoms with Crippen molar-refractivity contribution in [3.8, 4) is 12.3 Å². The summed E-state index contributed by atoms with van der Waals surface area (Å²) in [5.41, 5.74) is 0. The van der Waals surface area contributed by atoms with Crippen molar-refractivity contribution in [1.82, 2.24) is 0 Å². The van der Waals surface area contributed by atoms with E-state index in [4.69, 9.17) is 11.2 Å². The van der Waals surface area contributed by atoms with E-state index in [0.717, 1.165) is 19.4 Å². The molecule has 1 heteroatoms. The first-order valence-electron chi connectivity index (χ1n) is 2.72. The Morgan fingerprint density at radius 2 is 2.38 bits per heavy atom. The maximum Gasteiger partial charge on any atom is 0.0475 e. The van der Waals surface area contributed by atoms with Gasteiger partial charge in [-0.15, -0.1) is 12.3 Å². The second-order valence-corrected chi connectivity index (χ2v) is 1.42. The summed E-state index contributed by atoms with van der Waals surface area (Å²) in [4.78, 5) is 0. The van der Waals surface area contributed by atoms with Gasteiger partial charge in [0.15, 0.2) is 0 Å². The van der Waals surface area contributed by atoms with Crippen molar-refractivity contribution in [3.63, 3.8) is 0 Å². The van der Waals surface area contributed by atoms with Gasteiger partial charge in [-0.1, -0.05) is 0 Å². The first kappa shape index (κ1) is 7.52. The summed E-state index contributed by atoms with van der Waals surface area (Å²) >= 11 is 0. The highest BCUT2D eigenvalue weighted by Gasteiger charge is 1.80. The van der Waals surface area contributed by atoms with Crippen LogP contribution in [0.25, 0.3) is 0 Å². The Labute approximate surface area is 51.0 Å². The number of ether oxygens (including phenoxy) is 1. The lowest BCUT2D eigenvalue weighted by molar-refractivity contribution is 0.159. The van der Waals surface area contributed by atoms with Crippen molar-refractivity contribution in [2.45, 2.75) is 12.8 Å². The fourth-order valence-electron chi connectivity index (χ4n) is 0.378. The quantitative estimate of drug-likeness (QED) is 0.392. The van der Waals surface area contributed by atoms with Gasteiger partial charge in [0.05, 0.1) is 0 Å². The van der Waals surface area contributed by atoms with E-state index in [1.165, 1.54) is 0 Å². The zero-order valence-corrected chi connectivity index (χ0v) is 5.02. The van der Waals surface area contributed by atoms with Gasteiger partial charge in [-0.25, -0.2) is 0 Å². The molecule has 0 saturated carbocycles. The Hall–Kier alpha value is -0.480. The fourth-order valence-corrected chi connectivity index (χ4v) is 0.378. The van der Waals surface area contributed by atoms with E-state index in [0.29, 0.717) is 6.61 Å². The van der Waals surface area contributed by atoms with Gasteiger partial charge in [0.1, 0.15) is 0 Å². The van der Waals surface area contributed by atoms with Gasteiger partial charge in [0, 0.05) is 19.6 Å². The Morgan fingerprint density at radius 3 is 2.88 bits per heavy atom. The molecule has 0 aromatic rings. The Bertz CT molecular complexity index is 70.9. The van der Waals surface area contributed by atoms with E-state index in [9.17, 15) is 0 Å². The van der Waals surface area contributed by atoms with Crippen LogP contribution in [0, 0.1) is 19.3 Å². The van der Waals surface area contributed by atoms with Gasteiger partial charge in [0.2, 0.25) is 0 Å². The van der Waals surface area contributed by atoms with Crippen LogP contribution in [0.1, 0.15) is 12.8 Å². The number of unbranched alkanes of at least 4 members (excludes halogenated alkanes) is 1. The first-order valence-corrected chi connectivity index (χ1v) is 2.72. The minimum absolute atomic E-state index is 0.546. The van der Waals surface area contributed by atoms with E-state index in [1.807, 2.05) is 0 Å². The molecule has 0 fully saturated rings. The first-order chi connectivity index (χ1) is 3.91. The summed E-state index contributed by atoms with van der Waals surface area (Å²) in [6, 6.07) is 0. The molecule has 0 bridgehead atoms. The molecule has 0 aromatic heterocycles. The van der Waals surface area contributed by atoms with Crippen LogP contribution in [0.2, 0.25) is 0 Å². The van der Waals surface area contributed by atoms with Crippen molar-refractivity contribution < 1.29 is 4.74 Å². The van der Waals surface area contributed by atoms with Crippen LogP contribution < -0.4 is 0 Å². The number of terminal acetylenes is 1. The van der Waals surface area contributed by atoms with Crippen LogP contribution in [0.15, 0.2) is 0 Å². The predicted molar refractivity (Wildman–Crippen MR) is 34.2 cm³/mol. The van der Waals surface area contributed by atoms with E-state index < -0.39 is 0 Å². The molecule has 0 aliphatic rings. The molecule has 0 amide bonds. The van der Waals surface area contributed by atoms with E-state index >= 15 is 0 Å². The third-order valence-electron chi connectivity index (χ3n) is 0.754. The monoisotopic (exact) mass is 111 g/mol. The van der Waals surface area contributed by atoms with Gasteiger partial charge in [-0.05, 0) is 13.3 Å². The third kappa shape index (κ3) is 5.52. The van der Waals surface area contributed by atoms with Crippen molar-refractivity contribution in [2.75, 3.05) is 13.2 Å². The minimum atomic E-state index is 0.546. The second kappa shape index (κ2) is 6.52. The molecule has 0 unspecified atom stereocenters. The van der Waals surface area contributed by atoms with E-state index in [1.54, 1.807) is 0 Å². The van der Waals surface area contributed by atoms with Gasteiger partial charge < -0.3 is 4.74 Å². The molecule has 0 aliphatic carbocycles. The zero-order chi connectivity index (χ0) is 6.24. The van der Waals surface area contributed by atoms with Crippen LogP contribution in [0.3, 0.4) is 0 Å². The summed E-state index contributed by atoms with van der Waals surface area (Å²) in [5, 5.41) is 0. The van der Waals surface area contributed by atoms with Crippen LogP contribution in [0.5, 0.6) is 0 Å². The Morgan fingerprint density at radius 1 is 1.62 bits per heavy atom. The summed E-state index contributed by atoms with van der Waals surface area (Å²) in [6.07, 6.45) is 6.75. The topological polar surface area (TPSA) is 9.23 Å². The van der Waals surface area contributed by atoms with E-state index in [-0.39, 0.29) is 0 Å². The van der Waals surface area contributed by atoms with Gasteiger partial charge >= 0.3 is 0 Å². The SMILES string of the molecule is C#CCCCOC[CH2]. The van der Waals surface area contributed by atoms with Crippen LogP contribution in [-0.2, 0) is 4.74 Å². The second-order valence-electron chi connectivity index (χ2n) is 1.42. The molecule has 8 heavy (non-hydrogen) atoms. The van der Waals surface area contributed by atoms with Crippen molar-refractivity contribution in [3.05, 3.63) is 6.92 Å². The van der Waals surface area contributed by atoms with Crippen LogP contribution in [0.4, 0.5) is 0 Å². The molecule has 0 rings (SSSR count). The number of hydrogen-bond acceptors (Lipinski definition) is 1. The van der Waals surface area contributed by atoms with Gasteiger partial charge in [-0.3, -0.25) is 0 Å². The summed E-state index contributed by atoms with van der Waals surface area (Å²) in [7, 11) is 0. The lowest BCUT2D eigenvalue weighted by atomic mass is 10.3. The minimum Gasteiger partial charge on any atom is -0.381 e. The molecule has 0 saturated heterocycles. The lowest BCUT2D eigenvalue weighted by Gasteiger charge is -1.94. The van der Waals surface area contributed by atoms with Crippen molar-refractivity contribution in [2.24, 2.45) is 0 Å². The Balaban J connectivity index is 2.65. The summed E-state index contributed by atoms with van der Waals surface area (Å²) in [6.45, 7) is 4.80. The largest absolute Gasteiger partial charge is 0.381 e. The smallest absolute Gasteiger partial charge is 0.0475 e. The molecule has 0 aromatic carbocycles. The molecule has 1 nitrogen and oxygen atoms in total. The maximum absolute atomic E-state index is 4.99. The van der Waals surface area contributed by atoms with Gasteiger partial charge in [-0.2, -0.15) is 0 Å². The predicted octanol–water partition coefficient (Wildman–Crippen LogP) is 1.25. The standard InChI is InChI=1S/C7H11O/c1-3-5-6-7-8-4-2/h1H,2,4-7H2. The lowest BCUT2D eigenvalue weighted by Crippen LogP contribution is -1.91. The highest BCUT2D eigenvalue weighted by molar-refractivity contribution is 4.82. The molecular formula is C7H11O. The molecule has 0 aliphatic heterocycles. The van der Waals surface area contributed by atoms with E-state index in [2.05, 4.69) is 12.8 Å². The molecule has 0 N–H and O–H groups in total. The third-order valence-corrected chi connectivity index (χ3v) is 0.754. The van der Waals surface area contributed by atoms with Crippen LogP contribution in [-0.4, -0.2) is 13.2 Å². The van der Waals surface area contributed by atoms with Gasteiger partial charge in [0.25, 0.3) is 0 Å². The fraction of sp³-hybridized carbons (Fsp3) is 0.571. The average molecular weight is 111 g/mol. The van der Waals surface area contributed by atoms with Crippen LogP contribution >= 0.6 is 0 Å². The summed E-state index contributed by atoms with van der Waals surface area (Å²) < 4.78 is 4.93. The molecule has 1 radical (unpaired) electrons.